The molecule has 1 N–H and O–H groups in total. The summed E-state index contributed by atoms with van der Waals surface area (Å²) in [4.78, 5) is 11.8. The highest BCUT2D eigenvalue weighted by molar-refractivity contribution is 5.75. The first-order chi connectivity index (χ1) is 8.28. The van der Waals surface area contributed by atoms with Crippen molar-refractivity contribution in [3.63, 3.8) is 0 Å². The van der Waals surface area contributed by atoms with Crippen LogP contribution in [0.1, 0.15) is 73.1 Å². The fourth-order valence-electron chi connectivity index (χ4n) is 3.87. The Morgan fingerprint density at radius 3 is 1.94 bits per heavy atom. The zero-order valence-electron chi connectivity index (χ0n) is 12.8. The quantitative estimate of drug-likeness (QED) is 0.787. The van der Waals surface area contributed by atoms with Crippen molar-refractivity contribution < 1.29 is 9.90 Å². The van der Waals surface area contributed by atoms with Crippen LogP contribution in [0.2, 0.25) is 0 Å². The van der Waals surface area contributed by atoms with Crippen molar-refractivity contribution in [2.24, 2.45) is 22.7 Å². The molecular weight excluding hydrogens is 224 g/mol. The van der Waals surface area contributed by atoms with E-state index in [2.05, 4.69) is 34.6 Å². The van der Waals surface area contributed by atoms with E-state index in [1.807, 2.05) is 0 Å². The van der Waals surface area contributed by atoms with Gasteiger partial charge in [0.25, 0.3) is 0 Å². The van der Waals surface area contributed by atoms with E-state index in [4.69, 9.17) is 0 Å². The zero-order chi connectivity index (χ0) is 14.0. The van der Waals surface area contributed by atoms with Gasteiger partial charge in [0.1, 0.15) is 0 Å². The van der Waals surface area contributed by atoms with Gasteiger partial charge in [0.15, 0.2) is 0 Å². The number of carbonyl (C=O) groups is 1. The van der Waals surface area contributed by atoms with E-state index >= 15 is 0 Å². The molecule has 1 fully saturated rings. The molecule has 18 heavy (non-hydrogen) atoms. The van der Waals surface area contributed by atoms with Crippen LogP contribution in [0.15, 0.2) is 0 Å². The zero-order valence-corrected chi connectivity index (χ0v) is 12.8. The molecule has 1 aliphatic rings. The van der Waals surface area contributed by atoms with Gasteiger partial charge in [-0.05, 0) is 42.9 Å². The highest BCUT2D eigenvalue weighted by atomic mass is 16.4. The van der Waals surface area contributed by atoms with Gasteiger partial charge in [-0.2, -0.15) is 0 Å². The molecule has 0 aliphatic heterocycles. The van der Waals surface area contributed by atoms with Crippen molar-refractivity contribution in [2.75, 3.05) is 0 Å². The lowest BCUT2D eigenvalue weighted by atomic mass is 9.59. The molecule has 0 radical (unpaired) electrons. The molecule has 2 nitrogen and oxygen atoms in total. The standard InChI is InChI=1S/C16H30O2/c1-6-12(7-2)16(14(17)18)10-8-13(9-11-16)15(3,4)5/h12-13H,6-11H2,1-5H3,(H,17,18). The maximum atomic E-state index is 11.8. The van der Waals surface area contributed by atoms with Crippen LogP contribution in [-0.4, -0.2) is 11.1 Å². The summed E-state index contributed by atoms with van der Waals surface area (Å²) in [5.41, 5.74) is -0.121. The number of aliphatic carboxylic acids is 1. The van der Waals surface area contributed by atoms with Crippen LogP contribution in [0.4, 0.5) is 0 Å². The van der Waals surface area contributed by atoms with Crippen LogP contribution in [0.25, 0.3) is 0 Å². The SMILES string of the molecule is CCC(CC)C1(C(=O)O)CCC(C(C)(C)C)CC1. The smallest absolute Gasteiger partial charge is 0.309 e. The van der Waals surface area contributed by atoms with Gasteiger partial charge in [0.2, 0.25) is 0 Å². The molecule has 106 valence electrons. The predicted molar refractivity (Wildman–Crippen MR) is 75.6 cm³/mol. The predicted octanol–water partition coefficient (Wildman–Crippen LogP) is 4.73. The first kappa shape index (κ1) is 15.5. The van der Waals surface area contributed by atoms with Crippen molar-refractivity contribution in [3.8, 4) is 0 Å². The molecular formula is C16H30O2. The summed E-state index contributed by atoms with van der Waals surface area (Å²) in [6, 6.07) is 0. The van der Waals surface area contributed by atoms with E-state index in [1.165, 1.54) is 0 Å². The molecule has 1 rings (SSSR count). The first-order valence-corrected chi connectivity index (χ1v) is 7.51. The Bertz CT molecular complexity index is 276. The van der Waals surface area contributed by atoms with E-state index in [1.54, 1.807) is 0 Å². The first-order valence-electron chi connectivity index (χ1n) is 7.51. The Balaban J connectivity index is 2.84. The van der Waals surface area contributed by atoms with E-state index < -0.39 is 11.4 Å². The van der Waals surface area contributed by atoms with Crippen molar-refractivity contribution in [2.45, 2.75) is 73.1 Å². The van der Waals surface area contributed by atoms with Gasteiger partial charge < -0.3 is 5.11 Å². The van der Waals surface area contributed by atoms with Crippen molar-refractivity contribution in [1.29, 1.82) is 0 Å². The lowest BCUT2D eigenvalue weighted by Crippen LogP contribution is -2.43. The van der Waals surface area contributed by atoms with Crippen LogP contribution in [-0.2, 0) is 4.79 Å². The second-order valence-electron chi connectivity index (χ2n) is 7.12. The molecule has 0 spiro atoms. The molecule has 0 atom stereocenters. The molecule has 0 aromatic carbocycles. The minimum absolute atomic E-state index is 0.318. The molecule has 1 aliphatic carbocycles. The third kappa shape index (κ3) is 2.89. The maximum Gasteiger partial charge on any atom is 0.309 e. The van der Waals surface area contributed by atoms with Crippen LogP contribution in [0, 0.1) is 22.7 Å². The second kappa shape index (κ2) is 5.63. The Hall–Kier alpha value is -0.530. The monoisotopic (exact) mass is 254 g/mol. The van der Waals surface area contributed by atoms with Gasteiger partial charge in [-0.15, -0.1) is 0 Å². The fourth-order valence-corrected chi connectivity index (χ4v) is 3.87. The van der Waals surface area contributed by atoms with Gasteiger partial charge in [-0.3, -0.25) is 4.79 Å². The highest BCUT2D eigenvalue weighted by Crippen LogP contribution is 2.50. The summed E-state index contributed by atoms with van der Waals surface area (Å²) in [5.74, 6) is 0.471. The third-order valence-electron chi connectivity index (χ3n) is 5.30. The molecule has 0 aromatic rings. The molecule has 0 unspecified atom stereocenters. The number of carboxylic acid groups (broad SMARTS) is 1. The summed E-state index contributed by atoms with van der Waals surface area (Å²) in [6.07, 6.45) is 5.87. The Labute approximate surface area is 112 Å². The van der Waals surface area contributed by atoms with Crippen molar-refractivity contribution in [1.82, 2.24) is 0 Å². The van der Waals surface area contributed by atoms with Crippen LogP contribution < -0.4 is 0 Å². The average molecular weight is 254 g/mol. The molecule has 0 amide bonds. The molecule has 0 bridgehead atoms. The van der Waals surface area contributed by atoms with Gasteiger partial charge in [-0.1, -0.05) is 47.5 Å². The van der Waals surface area contributed by atoms with Crippen molar-refractivity contribution >= 4 is 5.97 Å². The van der Waals surface area contributed by atoms with Gasteiger partial charge >= 0.3 is 5.97 Å². The van der Waals surface area contributed by atoms with Crippen LogP contribution >= 0.6 is 0 Å². The lowest BCUT2D eigenvalue weighted by Gasteiger charge is -2.45. The number of rotatable bonds is 4. The third-order valence-corrected chi connectivity index (χ3v) is 5.30. The van der Waals surface area contributed by atoms with E-state index in [0.717, 1.165) is 38.5 Å². The number of carboxylic acids is 1. The molecule has 1 saturated carbocycles. The lowest BCUT2D eigenvalue weighted by molar-refractivity contribution is -0.157. The molecule has 2 heteroatoms. The molecule has 0 saturated heterocycles. The van der Waals surface area contributed by atoms with Crippen LogP contribution in [0.3, 0.4) is 0 Å². The second-order valence-corrected chi connectivity index (χ2v) is 7.12. The van der Waals surface area contributed by atoms with E-state index in [-0.39, 0.29) is 0 Å². The maximum absolute atomic E-state index is 11.8. The summed E-state index contributed by atoms with van der Waals surface area (Å²) < 4.78 is 0. The summed E-state index contributed by atoms with van der Waals surface area (Å²) in [5, 5.41) is 9.71. The van der Waals surface area contributed by atoms with Crippen LogP contribution in [0.5, 0.6) is 0 Å². The van der Waals surface area contributed by atoms with Gasteiger partial charge in [-0.25, -0.2) is 0 Å². The molecule has 0 aromatic heterocycles. The topological polar surface area (TPSA) is 37.3 Å². The summed E-state index contributed by atoms with van der Waals surface area (Å²) >= 11 is 0. The minimum Gasteiger partial charge on any atom is -0.481 e. The Kier molecular flexibility index (Phi) is 4.85. The largest absolute Gasteiger partial charge is 0.481 e. The Morgan fingerprint density at radius 2 is 1.67 bits per heavy atom. The van der Waals surface area contributed by atoms with E-state index in [0.29, 0.717) is 17.3 Å². The summed E-state index contributed by atoms with van der Waals surface area (Å²) in [6.45, 7) is 11.1. The highest BCUT2D eigenvalue weighted by Gasteiger charge is 2.47. The van der Waals surface area contributed by atoms with Crippen molar-refractivity contribution in [3.05, 3.63) is 0 Å². The minimum atomic E-state index is -0.552. The van der Waals surface area contributed by atoms with Gasteiger partial charge in [0.05, 0.1) is 5.41 Å². The van der Waals surface area contributed by atoms with E-state index in [9.17, 15) is 9.90 Å². The fraction of sp³-hybridized carbons (Fsp3) is 0.938. The number of hydrogen-bond acceptors (Lipinski definition) is 1. The summed E-state index contributed by atoms with van der Waals surface area (Å²) in [7, 11) is 0. The average Bonchev–Trinajstić information content (AvgIpc) is 2.29. The Morgan fingerprint density at radius 1 is 1.22 bits per heavy atom. The normalized spacial score (nSPS) is 29.6. The molecule has 0 heterocycles. The number of hydrogen-bond donors (Lipinski definition) is 1. The van der Waals surface area contributed by atoms with Gasteiger partial charge in [0, 0.05) is 0 Å².